The molecule has 0 atom stereocenters. The molecule has 4 rings (SSSR count). The molecule has 8 nitrogen and oxygen atoms in total. The number of aryl methyl sites for hydroxylation is 1. The van der Waals surface area contributed by atoms with Crippen molar-refractivity contribution in [3.63, 3.8) is 0 Å². The van der Waals surface area contributed by atoms with E-state index in [4.69, 9.17) is 4.74 Å². The van der Waals surface area contributed by atoms with Crippen LogP contribution in [0.1, 0.15) is 29.8 Å². The molecular formula is C22H21N5O3. The molecule has 0 bridgehead atoms. The van der Waals surface area contributed by atoms with Crippen LogP contribution >= 0.6 is 0 Å². The van der Waals surface area contributed by atoms with E-state index in [1.54, 1.807) is 28.9 Å². The summed E-state index contributed by atoms with van der Waals surface area (Å²) >= 11 is 0. The van der Waals surface area contributed by atoms with Gasteiger partial charge in [-0.05, 0) is 57.2 Å². The molecule has 0 aliphatic carbocycles. The molecule has 2 aromatic carbocycles. The molecular weight excluding hydrogens is 382 g/mol. The summed E-state index contributed by atoms with van der Waals surface area (Å²) < 4.78 is 8.23. The summed E-state index contributed by atoms with van der Waals surface area (Å²) in [6.45, 7) is 5.85. The Bertz CT molecular complexity index is 1250. The molecule has 2 heterocycles. The normalized spacial score (nSPS) is 11.1. The zero-order valence-electron chi connectivity index (χ0n) is 16.9. The van der Waals surface area contributed by atoms with E-state index in [1.165, 1.54) is 12.5 Å². The van der Waals surface area contributed by atoms with Crippen molar-refractivity contribution in [2.45, 2.75) is 26.9 Å². The van der Waals surface area contributed by atoms with Crippen molar-refractivity contribution in [2.24, 2.45) is 0 Å². The fourth-order valence-corrected chi connectivity index (χ4v) is 3.00. The number of amides is 1. The second-order valence-electron chi connectivity index (χ2n) is 7.18. The van der Waals surface area contributed by atoms with E-state index in [-0.39, 0.29) is 6.10 Å². The Balaban J connectivity index is 1.59. The molecule has 0 saturated carbocycles. The highest BCUT2D eigenvalue weighted by atomic mass is 16.5. The Kier molecular flexibility index (Phi) is 5.05. The van der Waals surface area contributed by atoms with Crippen molar-refractivity contribution < 1.29 is 9.53 Å². The van der Waals surface area contributed by atoms with E-state index in [9.17, 15) is 9.59 Å². The third-order valence-electron chi connectivity index (χ3n) is 4.48. The summed E-state index contributed by atoms with van der Waals surface area (Å²) in [7, 11) is 0. The summed E-state index contributed by atoms with van der Waals surface area (Å²) in [6.07, 6.45) is 2.78. The predicted molar refractivity (Wildman–Crippen MR) is 114 cm³/mol. The van der Waals surface area contributed by atoms with Crippen LogP contribution in [0.25, 0.3) is 16.7 Å². The zero-order chi connectivity index (χ0) is 21.3. The number of nitrogens with one attached hydrogen (secondary N) is 1. The molecule has 0 saturated heterocycles. The number of aromatic nitrogens is 4. The fraction of sp³-hybridized carbons (Fsp3) is 0.182. The van der Waals surface area contributed by atoms with Crippen molar-refractivity contribution in [3.8, 4) is 11.4 Å². The highest BCUT2D eigenvalue weighted by molar-refractivity contribution is 6.00. The molecule has 0 aliphatic rings. The summed E-state index contributed by atoms with van der Waals surface area (Å²) in [4.78, 5) is 29.7. The number of benzene rings is 2. The molecule has 152 valence electrons. The van der Waals surface area contributed by atoms with E-state index < -0.39 is 11.5 Å². The average molecular weight is 403 g/mol. The van der Waals surface area contributed by atoms with Crippen molar-refractivity contribution in [1.82, 2.24) is 19.4 Å². The first-order valence-corrected chi connectivity index (χ1v) is 9.53. The van der Waals surface area contributed by atoms with Gasteiger partial charge in [0.15, 0.2) is 5.65 Å². The molecule has 1 N–H and O–H groups in total. The fourth-order valence-electron chi connectivity index (χ4n) is 3.00. The molecule has 30 heavy (non-hydrogen) atoms. The molecule has 2 aromatic heterocycles. The van der Waals surface area contributed by atoms with Gasteiger partial charge in [-0.15, -0.1) is 0 Å². The topological polar surface area (TPSA) is 91.0 Å². The lowest BCUT2D eigenvalue weighted by molar-refractivity contribution is 0.101. The average Bonchev–Trinajstić information content (AvgIpc) is 3.15. The number of carbonyl (C=O) groups is 1. The van der Waals surface area contributed by atoms with E-state index >= 15 is 0 Å². The van der Waals surface area contributed by atoms with Crippen molar-refractivity contribution in [1.29, 1.82) is 0 Å². The molecule has 0 radical (unpaired) electrons. The second-order valence-corrected chi connectivity index (χ2v) is 7.18. The highest BCUT2D eigenvalue weighted by Gasteiger charge is 2.14. The maximum absolute atomic E-state index is 12.8. The Morgan fingerprint density at radius 2 is 1.77 bits per heavy atom. The lowest BCUT2D eigenvalue weighted by Crippen LogP contribution is -2.33. The van der Waals surface area contributed by atoms with E-state index in [1.807, 2.05) is 45.0 Å². The van der Waals surface area contributed by atoms with Crippen LogP contribution in [0.15, 0.2) is 65.8 Å². The van der Waals surface area contributed by atoms with Gasteiger partial charge in [0.2, 0.25) is 0 Å². The lowest BCUT2D eigenvalue weighted by Gasteiger charge is -2.11. The SMILES string of the molecule is Cc1ccc(-n2ncc3c(=O)n(NC(=O)c4ccc(OC(C)C)cc4)cnc32)cc1. The predicted octanol–water partition coefficient (Wildman–Crippen LogP) is 3.06. The first kappa shape index (κ1) is 19.4. The molecule has 1 amide bonds. The van der Waals surface area contributed by atoms with Gasteiger partial charge in [0.1, 0.15) is 17.5 Å². The molecule has 0 fully saturated rings. The zero-order valence-corrected chi connectivity index (χ0v) is 16.9. The van der Waals surface area contributed by atoms with Crippen molar-refractivity contribution in [2.75, 3.05) is 5.43 Å². The Labute approximate surface area is 172 Å². The number of nitrogens with zero attached hydrogens (tertiary/aromatic N) is 4. The van der Waals surface area contributed by atoms with Crippen molar-refractivity contribution in [3.05, 3.63) is 82.5 Å². The number of rotatable bonds is 5. The molecule has 0 spiro atoms. The number of ether oxygens (including phenoxy) is 1. The van der Waals surface area contributed by atoms with Gasteiger partial charge < -0.3 is 4.74 Å². The first-order chi connectivity index (χ1) is 14.4. The number of hydrogen-bond donors (Lipinski definition) is 1. The third kappa shape index (κ3) is 3.80. The quantitative estimate of drug-likeness (QED) is 0.553. The van der Waals surface area contributed by atoms with Gasteiger partial charge in [-0.2, -0.15) is 5.10 Å². The molecule has 8 heteroatoms. The van der Waals surface area contributed by atoms with Crippen LogP contribution in [0, 0.1) is 6.92 Å². The Morgan fingerprint density at radius 1 is 1.07 bits per heavy atom. The minimum atomic E-state index is -0.430. The monoisotopic (exact) mass is 403 g/mol. The Hall–Kier alpha value is -3.94. The van der Waals surface area contributed by atoms with E-state index in [0.717, 1.165) is 15.9 Å². The van der Waals surface area contributed by atoms with Crippen LogP contribution < -0.4 is 15.7 Å². The van der Waals surface area contributed by atoms with Crippen LogP contribution in [0.5, 0.6) is 5.75 Å². The van der Waals surface area contributed by atoms with Gasteiger partial charge in [0.25, 0.3) is 11.5 Å². The molecule has 4 aromatic rings. The number of fused-ring (bicyclic) bond motifs is 1. The van der Waals surface area contributed by atoms with E-state index in [2.05, 4.69) is 15.5 Å². The summed E-state index contributed by atoms with van der Waals surface area (Å²) in [5.41, 5.74) is 4.89. The highest BCUT2D eigenvalue weighted by Crippen LogP contribution is 2.15. The van der Waals surface area contributed by atoms with Gasteiger partial charge in [-0.25, -0.2) is 14.3 Å². The van der Waals surface area contributed by atoms with Crippen molar-refractivity contribution >= 4 is 16.9 Å². The van der Waals surface area contributed by atoms with Crippen LogP contribution in [-0.2, 0) is 0 Å². The maximum Gasteiger partial charge on any atom is 0.283 e. The number of hydrogen-bond acceptors (Lipinski definition) is 5. The maximum atomic E-state index is 12.8. The van der Waals surface area contributed by atoms with Crippen LogP contribution in [0.4, 0.5) is 0 Å². The second kappa shape index (κ2) is 7.82. The minimum absolute atomic E-state index is 0.0434. The van der Waals surface area contributed by atoms with Crippen LogP contribution in [-0.4, -0.2) is 31.5 Å². The van der Waals surface area contributed by atoms with Gasteiger partial charge in [0.05, 0.1) is 18.0 Å². The molecule has 0 aliphatic heterocycles. The van der Waals surface area contributed by atoms with E-state index in [0.29, 0.717) is 22.3 Å². The minimum Gasteiger partial charge on any atom is -0.491 e. The van der Waals surface area contributed by atoms with Gasteiger partial charge in [0, 0.05) is 5.56 Å². The summed E-state index contributed by atoms with van der Waals surface area (Å²) in [5, 5.41) is 4.59. The Morgan fingerprint density at radius 3 is 2.43 bits per heavy atom. The lowest BCUT2D eigenvalue weighted by atomic mass is 10.2. The van der Waals surface area contributed by atoms with Crippen LogP contribution in [0.2, 0.25) is 0 Å². The van der Waals surface area contributed by atoms with Gasteiger partial charge >= 0.3 is 0 Å². The third-order valence-corrected chi connectivity index (χ3v) is 4.48. The number of carbonyl (C=O) groups excluding carboxylic acids is 1. The largest absolute Gasteiger partial charge is 0.491 e. The van der Waals surface area contributed by atoms with Crippen LogP contribution in [0.3, 0.4) is 0 Å². The molecule has 0 unspecified atom stereocenters. The smallest absolute Gasteiger partial charge is 0.283 e. The summed E-state index contributed by atoms with van der Waals surface area (Å²) in [6, 6.07) is 14.4. The van der Waals surface area contributed by atoms with Gasteiger partial charge in [-0.3, -0.25) is 15.0 Å². The van der Waals surface area contributed by atoms with Gasteiger partial charge in [-0.1, -0.05) is 17.7 Å². The standard InChI is InChI=1S/C22H21N5O3/c1-14(2)30-18-10-6-16(7-11-18)21(28)25-26-13-23-20-19(22(26)29)12-24-27(20)17-8-4-15(3)5-9-17/h4-14H,1-3H3,(H,25,28). The summed E-state index contributed by atoms with van der Waals surface area (Å²) in [5.74, 6) is 0.241. The first-order valence-electron chi connectivity index (χ1n) is 9.53.